The zero-order chi connectivity index (χ0) is 9.14. The van der Waals surface area contributed by atoms with E-state index in [1.165, 1.54) is 11.8 Å². The zero-order valence-corrected chi connectivity index (χ0v) is 7.70. The van der Waals surface area contributed by atoms with Crippen LogP contribution in [0.1, 0.15) is 6.42 Å². The lowest BCUT2D eigenvalue weighted by molar-refractivity contribution is -0.145. The monoisotopic (exact) mass is 194 g/mol. The quantitative estimate of drug-likeness (QED) is 0.536. The number of rotatable bonds is 2. The van der Waals surface area contributed by atoms with Gasteiger partial charge in [-0.15, -0.1) is 11.8 Å². The van der Waals surface area contributed by atoms with E-state index in [-0.39, 0.29) is 12.7 Å². The highest BCUT2D eigenvalue weighted by atomic mass is 32.2. The standard InChI is InChI=1S/C7H14O4S/c1-12-7-6(10)5(9)2-4(3-8)11-7/h4-10H,2-3H2,1H3/t4?,5-,6?,7-/m0/s1. The van der Waals surface area contributed by atoms with Gasteiger partial charge in [0.25, 0.3) is 0 Å². The van der Waals surface area contributed by atoms with Crippen LogP contribution in [0.25, 0.3) is 0 Å². The summed E-state index contributed by atoms with van der Waals surface area (Å²) in [7, 11) is 0. The molecule has 72 valence electrons. The minimum atomic E-state index is -0.845. The smallest absolute Gasteiger partial charge is 0.131 e. The summed E-state index contributed by atoms with van der Waals surface area (Å²) in [6.07, 6.45) is 0.117. The van der Waals surface area contributed by atoms with E-state index >= 15 is 0 Å². The van der Waals surface area contributed by atoms with Gasteiger partial charge < -0.3 is 20.1 Å². The summed E-state index contributed by atoms with van der Waals surface area (Å²) in [5.74, 6) is 0. The predicted octanol–water partition coefficient (Wildman–Crippen LogP) is -0.822. The van der Waals surface area contributed by atoms with E-state index in [0.717, 1.165) is 0 Å². The molecule has 0 spiro atoms. The summed E-state index contributed by atoms with van der Waals surface area (Å²) >= 11 is 1.33. The molecule has 1 aliphatic rings. The van der Waals surface area contributed by atoms with E-state index in [9.17, 15) is 10.2 Å². The molecule has 0 aliphatic carbocycles. The van der Waals surface area contributed by atoms with E-state index in [4.69, 9.17) is 9.84 Å². The molecule has 0 radical (unpaired) electrons. The second-order valence-electron chi connectivity index (χ2n) is 2.84. The Balaban J connectivity index is 2.52. The average Bonchev–Trinajstić information content (AvgIpc) is 2.09. The predicted molar refractivity (Wildman–Crippen MR) is 45.9 cm³/mol. The molecular formula is C7H14O4S. The van der Waals surface area contributed by atoms with E-state index < -0.39 is 17.6 Å². The minimum Gasteiger partial charge on any atom is -0.394 e. The molecular weight excluding hydrogens is 180 g/mol. The van der Waals surface area contributed by atoms with E-state index in [2.05, 4.69) is 0 Å². The second-order valence-corrected chi connectivity index (χ2v) is 3.77. The first-order valence-corrected chi connectivity index (χ1v) is 5.13. The Kier molecular flexibility index (Phi) is 3.79. The van der Waals surface area contributed by atoms with Crippen LogP contribution < -0.4 is 0 Å². The Labute approximate surface area is 75.5 Å². The number of aliphatic hydroxyl groups excluding tert-OH is 3. The molecule has 1 saturated heterocycles. The molecule has 0 aromatic rings. The van der Waals surface area contributed by atoms with Crippen molar-refractivity contribution in [2.24, 2.45) is 0 Å². The third-order valence-corrected chi connectivity index (χ3v) is 2.79. The van der Waals surface area contributed by atoms with Crippen LogP contribution in [0.2, 0.25) is 0 Å². The Bertz CT molecular complexity index is 143. The van der Waals surface area contributed by atoms with Crippen LogP contribution in [-0.4, -0.2) is 51.9 Å². The third-order valence-electron chi connectivity index (χ3n) is 1.94. The van der Waals surface area contributed by atoms with Gasteiger partial charge in [0.1, 0.15) is 11.5 Å². The average molecular weight is 194 g/mol. The minimum absolute atomic E-state index is 0.110. The molecule has 0 amide bonds. The molecule has 1 aliphatic heterocycles. The molecule has 0 aromatic heterocycles. The van der Waals surface area contributed by atoms with Crippen LogP contribution >= 0.6 is 11.8 Å². The summed E-state index contributed by atoms with van der Waals surface area (Å²) < 4.78 is 5.27. The Morgan fingerprint density at radius 1 is 1.50 bits per heavy atom. The van der Waals surface area contributed by atoms with E-state index in [0.29, 0.717) is 6.42 Å². The van der Waals surface area contributed by atoms with E-state index in [1.54, 1.807) is 6.26 Å². The third kappa shape index (κ3) is 2.11. The first-order chi connectivity index (χ1) is 5.69. The summed E-state index contributed by atoms with van der Waals surface area (Å²) in [6.45, 7) is -0.110. The summed E-state index contributed by atoms with van der Waals surface area (Å²) in [4.78, 5) is 0. The highest BCUT2D eigenvalue weighted by Gasteiger charge is 2.35. The maximum absolute atomic E-state index is 9.37. The van der Waals surface area contributed by atoms with Crippen molar-refractivity contribution >= 4 is 11.8 Å². The van der Waals surface area contributed by atoms with Crippen LogP contribution in [0.15, 0.2) is 0 Å². The molecule has 4 atom stereocenters. The largest absolute Gasteiger partial charge is 0.394 e. The fourth-order valence-corrected chi connectivity index (χ4v) is 1.96. The van der Waals surface area contributed by atoms with Crippen molar-refractivity contribution in [3.8, 4) is 0 Å². The maximum atomic E-state index is 9.37. The Morgan fingerprint density at radius 3 is 2.67 bits per heavy atom. The fourth-order valence-electron chi connectivity index (χ4n) is 1.23. The van der Waals surface area contributed by atoms with Gasteiger partial charge in [-0.05, 0) is 6.26 Å². The van der Waals surface area contributed by atoms with Gasteiger partial charge in [0.2, 0.25) is 0 Å². The van der Waals surface area contributed by atoms with Crippen molar-refractivity contribution in [2.45, 2.75) is 30.2 Å². The first-order valence-electron chi connectivity index (χ1n) is 3.84. The molecule has 3 N–H and O–H groups in total. The number of hydrogen-bond donors (Lipinski definition) is 3. The van der Waals surface area contributed by atoms with Crippen molar-refractivity contribution in [1.29, 1.82) is 0 Å². The van der Waals surface area contributed by atoms with Crippen LogP contribution in [0.5, 0.6) is 0 Å². The van der Waals surface area contributed by atoms with Crippen LogP contribution in [-0.2, 0) is 4.74 Å². The summed E-state index contributed by atoms with van der Waals surface area (Å²) in [5.41, 5.74) is -0.425. The molecule has 0 bridgehead atoms. The highest BCUT2D eigenvalue weighted by Crippen LogP contribution is 2.25. The molecule has 0 saturated carbocycles. The maximum Gasteiger partial charge on any atom is 0.131 e. The van der Waals surface area contributed by atoms with Crippen molar-refractivity contribution < 1.29 is 20.1 Å². The zero-order valence-electron chi connectivity index (χ0n) is 6.88. The molecule has 2 unspecified atom stereocenters. The number of aliphatic hydroxyl groups is 3. The van der Waals surface area contributed by atoms with Gasteiger partial charge in [0, 0.05) is 6.42 Å². The number of hydrogen-bond acceptors (Lipinski definition) is 5. The van der Waals surface area contributed by atoms with Gasteiger partial charge in [-0.1, -0.05) is 0 Å². The Morgan fingerprint density at radius 2 is 2.17 bits per heavy atom. The van der Waals surface area contributed by atoms with Gasteiger partial charge in [-0.2, -0.15) is 0 Å². The van der Waals surface area contributed by atoms with Gasteiger partial charge in [0.05, 0.1) is 18.8 Å². The van der Waals surface area contributed by atoms with Crippen molar-refractivity contribution in [1.82, 2.24) is 0 Å². The van der Waals surface area contributed by atoms with Crippen molar-refractivity contribution in [3.63, 3.8) is 0 Å². The summed E-state index contributed by atoms with van der Waals surface area (Å²) in [5, 5.41) is 27.5. The molecule has 0 aromatic carbocycles. The molecule has 12 heavy (non-hydrogen) atoms. The topological polar surface area (TPSA) is 69.9 Å². The lowest BCUT2D eigenvalue weighted by atomic mass is 10.0. The lowest BCUT2D eigenvalue weighted by Gasteiger charge is -2.35. The van der Waals surface area contributed by atoms with Gasteiger partial charge >= 0.3 is 0 Å². The molecule has 1 fully saturated rings. The van der Waals surface area contributed by atoms with Crippen LogP contribution in [0, 0.1) is 0 Å². The molecule has 1 rings (SSSR count). The van der Waals surface area contributed by atoms with Gasteiger partial charge in [-0.3, -0.25) is 0 Å². The van der Waals surface area contributed by atoms with Gasteiger partial charge in [0.15, 0.2) is 0 Å². The second kappa shape index (κ2) is 4.43. The molecule has 1 heterocycles. The summed E-state index contributed by atoms with van der Waals surface area (Å²) in [6, 6.07) is 0. The van der Waals surface area contributed by atoms with Crippen LogP contribution in [0.3, 0.4) is 0 Å². The van der Waals surface area contributed by atoms with E-state index in [1.807, 2.05) is 0 Å². The SMILES string of the molecule is CS[C@@H]1OC(CO)C[C@H](O)C1O. The fraction of sp³-hybridized carbons (Fsp3) is 1.00. The van der Waals surface area contributed by atoms with Crippen molar-refractivity contribution in [2.75, 3.05) is 12.9 Å². The Hall–Kier alpha value is 0.190. The first kappa shape index (κ1) is 10.3. The number of thioether (sulfide) groups is 1. The molecule has 4 nitrogen and oxygen atoms in total. The number of ether oxygens (including phenoxy) is 1. The van der Waals surface area contributed by atoms with Crippen LogP contribution in [0.4, 0.5) is 0 Å². The molecule has 5 heteroatoms. The van der Waals surface area contributed by atoms with Gasteiger partial charge in [-0.25, -0.2) is 0 Å². The highest BCUT2D eigenvalue weighted by molar-refractivity contribution is 7.99. The lowest BCUT2D eigenvalue weighted by Crippen LogP contribution is -2.47. The van der Waals surface area contributed by atoms with Crippen molar-refractivity contribution in [3.05, 3.63) is 0 Å². The normalized spacial score (nSPS) is 43.0.